The highest BCUT2D eigenvalue weighted by atomic mass is 16.6. The monoisotopic (exact) mass is 430 g/mol. The van der Waals surface area contributed by atoms with E-state index in [1.807, 2.05) is 45.9 Å². The first-order valence-electron chi connectivity index (χ1n) is 10.2. The standard InChI is InChI=1S/C23H34N4O4/c1-15-11-9-10-12-17(15)18(19(28)26-22(3,4)5)27(14-13-24)20(29)16(2)25-21(30)31-23(6,7)8/h9-12,16,18H,14H2,1-8H3,(H,25,30)(H,26,28). The van der Waals surface area contributed by atoms with Gasteiger partial charge in [-0.2, -0.15) is 5.26 Å². The van der Waals surface area contributed by atoms with Crippen molar-refractivity contribution in [1.82, 2.24) is 15.5 Å². The third-order valence-electron chi connectivity index (χ3n) is 4.17. The maximum Gasteiger partial charge on any atom is 0.408 e. The number of aryl methyl sites for hydroxylation is 1. The fourth-order valence-corrected chi connectivity index (χ4v) is 2.95. The Labute approximate surface area is 184 Å². The van der Waals surface area contributed by atoms with Crippen LogP contribution in [-0.2, 0) is 14.3 Å². The number of hydrogen-bond acceptors (Lipinski definition) is 5. The number of nitrogens with one attached hydrogen (secondary N) is 2. The zero-order chi connectivity index (χ0) is 24.0. The Morgan fingerprint density at radius 1 is 1.13 bits per heavy atom. The fraction of sp³-hybridized carbons (Fsp3) is 0.565. The number of carbonyl (C=O) groups excluding carboxylic acids is 3. The van der Waals surface area contributed by atoms with Crippen LogP contribution in [-0.4, -0.2) is 46.5 Å². The average molecular weight is 431 g/mol. The van der Waals surface area contributed by atoms with E-state index in [0.29, 0.717) is 5.56 Å². The number of benzene rings is 1. The fourth-order valence-electron chi connectivity index (χ4n) is 2.95. The molecule has 3 amide bonds. The summed E-state index contributed by atoms with van der Waals surface area (Å²) in [5.74, 6) is -0.973. The van der Waals surface area contributed by atoms with E-state index in [2.05, 4.69) is 10.6 Å². The normalized spacial score (nSPS) is 13.4. The van der Waals surface area contributed by atoms with Gasteiger partial charge in [-0.15, -0.1) is 0 Å². The lowest BCUT2D eigenvalue weighted by Crippen LogP contribution is -2.54. The number of nitriles is 1. The van der Waals surface area contributed by atoms with Gasteiger partial charge in [0.25, 0.3) is 0 Å². The molecule has 0 saturated carbocycles. The molecule has 0 aromatic heterocycles. The number of amides is 3. The molecule has 8 nitrogen and oxygen atoms in total. The molecule has 0 fully saturated rings. The topological polar surface area (TPSA) is 112 Å². The molecule has 31 heavy (non-hydrogen) atoms. The summed E-state index contributed by atoms with van der Waals surface area (Å²) in [7, 11) is 0. The van der Waals surface area contributed by atoms with E-state index < -0.39 is 41.1 Å². The Hall–Kier alpha value is -3.08. The van der Waals surface area contributed by atoms with Gasteiger partial charge in [-0.25, -0.2) is 4.79 Å². The van der Waals surface area contributed by atoms with Gasteiger partial charge in [0, 0.05) is 5.54 Å². The van der Waals surface area contributed by atoms with E-state index in [1.165, 1.54) is 11.8 Å². The minimum absolute atomic E-state index is 0.324. The Kier molecular flexibility index (Phi) is 8.62. The molecule has 1 aromatic rings. The summed E-state index contributed by atoms with van der Waals surface area (Å²) in [5.41, 5.74) is 0.146. The molecule has 0 aliphatic rings. The summed E-state index contributed by atoms with van der Waals surface area (Å²) in [6.45, 7) is 13.7. The highest BCUT2D eigenvalue weighted by molar-refractivity contribution is 5.92. The van der Waals surface area contributed by atoms with E-state index >= 15 is 0 Å². The van der Waals surface area contributed by atoms with Gasteiger partial charge in [0.05, 0.1) is 6.07 Å². The molecule has 8 heteroatoms. The Bertz CT molecular complexity index is 846. The average Bonchev–Trinajstić information content (AvgIpc) is 2.58. The number of alkyl carbamates (subject to hydrolysis) is 1. The minimum atomic E-state index is -1.03. The summed E-state index contributed by atoms with van der Waals surface area (Å²) >= 11 is 0. The third kappa shape index (κ3) is 8.28. The van der Waals surface area contributed by atoms with Crippen molar-refractivity contribution in [3.8, 4) is 6.07 Å². The second-order valence-electron chi connectivity index (χ2n) is 9.49. The molecular weight excluding hydrogens is 396 g/mol. The molecule has 2 unspecified atom stereocenters. The number of nitrogens with zero attached hydrogens (tertiary/aromatic N) is 2. The molecule has 0 aliphatic carbocycles. The molecular formula is C23H34N4O4. The number of carbonyl (C=O) groups is 3. The predicted molar refractivity (Wildman–Crippen MR) is 118 cm³/mol. The van der Waals surface area contributed by atoms with Gasteiger partial charge in [0.1, 0.15) is 24.2 Å². The van der Waals surface area contributed by atoms with Gasteiger partial charge in [-0.3, -0.25) is 9.59 Å². The van der Waals surface area contributed by atoms with Crippen molar-refractivity contribution in [2.45, 2.75) is 78.6 Å². The third-order valence-corrected chi connectivity index (χ3v) is 4.17. The van der Waals surface area contributed by atoms with Crippen molar-refractivity contribution >= 4 is 17.9 Å². The Morgan fingerprint density at radius 2 is 1.71 bits per heavy atom. The quantitative estimate of drug-likeness (QED) is 0.673. The van der Waals surface area contributed by atoms with Crippen molar-refractivity contribution < 1.29 is 19.1 Å². The zero-order valence-electron chi connectivity index (χ0n) is 19.7. The molecule has 2 N–H and O–H groups in total. The highest BCUT2D eigenvalue weighted by Gasteiger charge is 2.36. The molecule has 0 heterocycles. The summed E-state index contributed by atoms with van der Waals surface area (Å²) in [6.07, 6.45) is -0.753. The van der Waals surface area contributed by atoms with E-state index in [1.54, 1.807) is 32.9 Å². The van der Waals surface area contributed by atoms with Crippen LogP contribution in [0.5, 0.6) is 0 Å². The predicted octanol–water partition coefficient (Wildman–Crippen LogP) is 3.22. The maximum atomic E-state index is 13.3. The first kappa shape index (κ1) is 26.0. The van der Waals surface area contributed by atoms with Gasteiger partial charge < -0.3 is 20.3 Å². The van der Waals surface area contributed by atoms with Gasteiger partial charge in [-0.1, -0.05) is 24.3 Å². The van der Waals surface area contributed by atoms with E-state index in [0.717, 1.165) is 5.56 Å². The van der Waals surface area contributed by atoms with Crippen molar-refractivity contribution in [2.24, 2.45) is 0 Å². The van der Waals surface area contributed by atoms with Crippen LogP contribution in [0, 0.1) is 18.3 Å². The van der Waals surface area contributed by atoms with Crippen molar-refractivity contribution in [2.75, 3.05) is 6.54 Å². The second-order valence-corrected chi connectivity index (χ2v) is 9.49. The van der Waals surface area contributed by atoms with Crippen molar-refractivity contribution in [1.29, 1.82) is 5.26 Å². The molecule has 170 valence electrons. The van der Waals surface area contributed by atoms with Crippen LogP contribution >= 0.6 is 0 Å². The first-order valence-corrected chi connectivity index (χ1v) is 10.2. The molecule has 0 aliphatic heterocycles. The number of ether oxygens (including phenoxy) is 1. The zero-order valence-corrected chi connectivity index (χ0v) is 19.7. The number of hydrogen-bond donors (Lipinski definition) is 2. The molecule has 2 atom stereocenters. The Morgan fingerprint density at radius 3 is 2.19 bits per heavy atom. The number of rotatable bonds is 6. The maximum absolute atomic E-state index is 13.3. The van der Waals surface area contributed by atoms with Gasteiger partial charge in [-0.05, 0) is 66.5 Å². The highest BCUT2D eigenvalue weighted by Crippen LogP contribution is 2.26. The van der Waals surface area contributed by atoms with Crippen LogP contribution in [0.2, 0.25) is 0 Å². The van der Waals surface area contributed by atoms with Gasteiger partial charge >= 0.3 is 6.09 Å². The lowest BCUT2D eigenvalue weighted by atomic mass is 9.97. The Balaban J connectivity index is 3.31. The van der Waals surface area contributed by atoms with Crippen LogP contribution < -0.4 is 10.6 Å². The van der Waals surface area contributed by atoms with Gasteiger partial charge in [0.15, 0.2) is 0 Å². The molecule has 0 bridgehead atoms. The summed E-state index contributed by atoms with van der Waals surface area (Å²) in [6, 6.07) is 7.13. The molecule has 1 rings (SSSR count). The molecule has 0 radical (unpaired) electrons. The minimum Gasteiger partial charge on any atom is -0.444 e. The SMILES string of the molecule is Cc1ccccc1C(C(=O)NC(C)(C)C)N(CC#N)C(=O)C(C)NC(=O)OC(C)(C)C. The molecule has 0 spiro atoms. The summed E-state index contributed by atoms with van der Waals surface area (Å²) < 4.78 is 5.21. The van der Waals surface area contributed by atoms with Gasteiger partial charge in [0.2, 0.25) is 11.8 Å². The van der Waals surface area contributed by atoms with Crippen LogP contribution in [0.25, 0.3) is 0 Å². The molecule has 1 aromatic carbocycles. The lowest BCUT2D eigenvalue weighted by molar-refractivity contribution is -0.142. The van der Waals surface area contributed by atoms with E-state index in [4.69, 9.17) is 4.74 Å². The van der Waals surface area contributed by atoms with Crippen molar-refractivity contribution in [3.05, 3.63) is 35.4 Å². The second kappa shape index (κ2) is 10.3. The summed E-state index contributed by atoms with van der Waals surface area (Å²) in [5, 5.41) is 14.8. The molecule has 0 saturated heterocycles. The first-order chi connectivity index (χ1) is 14.2. The van der Waals surface area contributed by atoms with Crippen LogP contribution in [0.1, 0.15) is 65.6 Å². The van der Waals surface area contributed by atoms with E-state index in [-0.39, 0.29) is 6.54 Å². The smallest absolute Gasteiger partial charge is 0.408 e. The summed E-state index contributed by atoms with van der Waals surface area (Å²) in [4.78, 5) is 39.8. The lowest BCUT2D eigenvalue weighted by Gasteiger charge is -2.34. The largest absolute Gasteiger partial charge is 0.444 e. The van der Waals surface area contributed by atoms with Crippen LogP contribution in [0.15, 0.2) is 24.3 Å². The van der Waals surface area contributed by atoms with E-state index in [9.17, 15) is 19.6 Å². The van der Waals surface area contributed by atoms with Crippen LogP contribution in [0.4, 0.5) is 4.79 Å². The van der Waals surface area contributed by atoms with Crippen molar-refractivity contribution in [3.63, 3.8) is 0 Å². The van der Waals surface area contributed by atoms with Crippen LogP contribution in [0.3, 0.4) is 0 Å².